The van der Waals surface area contributed by atoms with E-state index in [4.69, 9.17) is 0 Å². The number of thiophene rings is 1. The van der Waals surface area contributed by atoms with Crippen LogP contribution in [0.4, 0.5) is 11.4 Å². The Balaban J connectivity index is 1.88. The van der Waals surface area contributed by atoms with Crippen LogP contribution in [0.3, 0.4) is 0 Å². The van der Waals surface area contributed by atoms with E-state index < -0.39 is 0 Å². The molecular formula is C17H19N3O3S. The third-order valence-electron chi connectivity index (χ3n) is 3.18. The maximum absolute atomic E-state index is 12.1. The van der Waals surface area contributed by atoms with Crippen molar-refractivity contribution in [2.24, 2.45) is 0 Å². The Labute approximate surface area is 144 Å². The molecule has 24 heavy (non-hydrogen) atoms. The minimum atomic E-state index is -0.294. The van der Waals surface area contributed by atoms with Gasteiger partial charge < -0.3 is 15.5 Å². The molecule has 0 radical (unpaired) electrons. The first-order valence-corrected chi connectivity index (χ1v) is 8.26. The van der Waals surface area contributed by atoms with E-state index in [1.807, 2.05) is 17.5 Å². The fourth-order valence-corrected chi connectivity index (χ4v) is 2.78. The molecule has 0 aliphatic carbocycles. The smallest absolute Gasteiger partial charge is 0.243 e. The van der Waals surface area contributed by atoms with E-state index in [-0.39, 0.29) is 24.3 Å². The molecule has 126 valence electrons. The van der Waals surface area contributed by atoms with Crippen LogP contribution in [0.2, 0.25) is 0 Å². The van der Waals surface area contributed by atoms with E-state index in [0.29, 0.717) is 17.8 Å². The van der Waals surface area contributed by atoms with Gasteiger partial charge in [0.2, 0.25) is 17.7 Å². The number of nitrogens with one attached hydrogen (secondary N) is 2. The van der Waals surface area contributed by atoms with Gasteiger partial charge in [0.15, 0.2) is 0 Å². The maximum atomic E-state index is 12.1. The molecule has 0 bridgehead atoms. The Morgan fingerprint density at radius 1 is 1.08 bits per heavy atom. The molecule has 0 aliphatic rings. The number of nitrogens with zero attached hydrogens (tertiary/aromatic N) is 1. The SMILES string of the molecule is CC(=O)Nc1cccc(NC(=O)CN(C)C(=O)Cc2cccs2)c1. The van der Waals surface area contributed by atoms with Crippen LogP contribution in [-0.4, -0.2) is 36.2 Å². The lowest BCUT2D eigenvalue weighted by molar-refractivity contribution is -0.132. The van der Waals surface area contributed by atoms with Crippen LogP contribution in [-0.2, 0) is 20.8 Å². The molecule has 0 saturated carbocycles. The molecule has 7 heteroatoms. The molecule has 2 rings (SSSR count). The first-order valence-electron chi connectivity index (χ1n) is 7.38. The quantitative estimate of drug-likeness (QED) is 0.843. The zero-order chi connectivity index (χ0) is 17.5. The molecule has 0 unspecified atom stereocenters. The number of anilines is 2. The zero-order valence-electron chi connectivity index (χ0n) is 13.5. The van der Waals surface area contributed by atoms with E-state index >= 15 is 0 Å². The van der Waals surface area contributed by atoms with Gasteiger partial charge in [-0.2, -0.15) is 0 Å². The molecule has 2 N–H and O–H groups in total. The van der Waals surface area contributed by atoms with Gasteiger partial charge in [0.1, 0.15) is 0 Å². The summed E-state index contributed by atoms with van der Waals surface area (Å²) in [6.07, 6.45) is 0.291. The van der Waals surface area contributed by atoms with Crippen molar-refractivity contribution in [3.63, 3.8) is 0 Å². The summed E-state index contributed by atoms with van der Waals surface area (Å²) in [6.45, 7) is 1.38. The lowest BCUT2D eigenvalue weighted by Gasteiger charge is -2.16. The van der Waals surface area contributed by atoms with Crippen LogP contribution in [0, 0.1) is 0 Å². The van der Waals surface area contributed by atoms with Crippen LogP contribution in [0.1, 0.15) is 11.8 Å². The summed E-state index contributed by atoms with van der Waals surface area (Å²) < 4.78 is 0. The fourth-order valence-electron chi connectivity index (χ4n) is 2.08. The van der Waals surface area contributed by atoms with Gasteiger partial charge in [-0.05, 0) is 29.6 Å². The molecule has 0 saturated heterocycles. The number of hydrogen-bond acceptors (Lipinski definition) is 4. The third-order valence-corrected chi connectivity index (χ3v) is 4.06. The minimum absolute atomic E-state index is 0.0332. The van der Waals surface area contributed by atoms with E-state index in [2.05, 4.69) is 10.6 Å². The maximum Gasteiger partial charge on any atom is 0.243 e. The predicted octanol–water partition coefficient (Wildman–Crippen LogP) is 2.35. The van der Waals surface area contributed by atoms with Gasteiger partial charge >= 0.3 is 0 Å². The highest BCUT2D eigenvalue weighted by atomic mass is 32.1. The molecule has 0 fully saturated rings. The standard InChI is InChI=1S/C17H19N3O3S/c1-12(21)18-13-5-3-6-14(9-13)19-16(22)11-20(2)17(23)10-15-7-4-8-24-15/h3-9H,10-11H2,1-2H3,(H,18,21)(H,19,22). The topological polar surface area (TPSA) is 78.5 Å². The van der Waals surface area contributed by atoms with Crippen molar-refractivity contribution in [2.45, 2.75) is 13.3 Å². The molecule has 0 atom stereocenters. The molecule has 1 aromatic heterocycles. The van der Waals surface area contributed by atoms with Crippen LogP contribution in [0.15, 0.2) is 41.8 Å². The Bertz CT molecular complexity index is 728. The Morgan fingerprint density at radius 2 is 1.79 bits per heavy atom. The summed E-state index contributed by atoms with van der Waals surface area (Å²) in [5.74, 6) is -0.589. The minimum Gasteiger partial charge on any atom is -0.336 e. The lowest BCUT2D eigenvalue weighted by Crippen LogP contribution is -2.35. The predicted molar refractivity (Wildman–Crippen MR) is 95.0 cm³/mol. The van der Waals surface area contributed by atoms with Crippen molar-refractivity contribution in [2.75, 3.05) is 24.2 Å². The number of rotatable bonds is 6. The van der Waals surface area contributed by atoms with E-state index in [9.17, 15) is 14.4 Å². The molecule has 2 aromatic rings. The van der Waals surface area contributed by atoms with Crippen molar-refractivity contribution >= 4 is 40.4 Å². The van der Waals surface area contributed by atoms with Crippen LogP contribution >= 0.6 is 11.3 Å². The van der Waals surface area contributed by atoms with Gasteiger partial charge in [-0.15, -0.1) is 11.3 Å². The number of hydrogen-bond donors (Lipinski definition) is 2. The largest absolute Gasteiger partial charge is 0.336 e. The number of carbonyl (C=O) groups is 3. The average Bonchev–Trinajstić information content (AvgIpc) is 2.99. The summed E-state index contributed by atoms with van der Waals surface area (Å²) in [6, 6.07) is 10.6. The van der Waals surface area contributed by atoms with Crippen LogP contribution < -0.4 is 10.6 Å². The van der Waals surface area contributed by atoms with Gasteiger partial charge in [-0.3, -0.25) is 14.4 Å². The molecule has 3 amide bonds. The van der Waals surface area contributed by atoms with Gasteiger partial charge in [0.05, 0.1) is 13.0 Å². The first kappa shape index (κ1) is 17.7. The van der Waals surface area contributed by atoms with E-state index in [1.54, 1.807) is 31.3 Å². The molecular weight excluding hydrogens is 326 g/mol. The number of benzene rings is 1. The second-order valence-corrected chi connectivity index (χ2v) is 6.35. The first-order chi connectivity index (χ1) is 11.4. The van der Waals surface area contributed by atoms with Gasteiger partial charge in [0.25, 0.3) is 0 Å². The molecule has 6 nitrogen and oxygen atoms in total. The number of carbonyl (C=O) groups excluding carboxylic acids is 3. The van der Waals surface area contributed by atoms with Crippen molar-refractivity contribution in [1.29, 1.82) is 0 Å². The summed E-state index contributed by atoms with van der Waals surface area (Å²) in [5, 5.41) is 7.28. The molecule has 1 heterocycles. The highest BCUT2D eigenvalue weighted by molar-refractivity contribution is 7.10. The average molecular weight is 345 g/mol. The number of likely N-dealkylation sites (N-methyl/N-ethyl adjacent to an activating group) is 1. The Hall–Kier alpha value is -2.67. The Kier molecular flexibility index (Phi) is 6.08. The normalized spacial score (nSPS) is 10.1. The zero-order valence-corrected chi connectivity index (χ0v) is 14.4. The van der Waals surface area contributed by atoms with Gasteiger partial charge in [-0.1, -0.05) is 12.1 Å². The van der Waals surface area contributed by atoms with Crippen LogP contribution in [0.25, 0.3) is 0 Å². The third kappa shape index (κ3) is 5.51. The highest BCUT2D eigenvalue weighted by Gasteiger charge is 2.14. The van der Waals surface area contributed by atoms with Crippen molar-refractivity contribution < 1.29 is 14.4 Å². The van der Waals surface area contributed by atoms with Crippen molar-refractivity contribution in [3.8, 4) is 0 Å². The monoisotopic (exact) mass is 345 g/mol. The second kappa shape index (κ2) is 8.26. The number of amides is 3. The second-order valence-electron chi connectivity index (χ2n) is 5.32. The van der Waals surface area contributed by atoms with E-state index in [0.717, 1.165) is 4.88 Å². The lowest BCUT2D eigenvalue weighted by atomic mass is 10.2. The van der Waals surface area contributed by atoms with E-state index in [1.165, 1.54) is 23.2 Å². The van der Waals surface area contributed by atoms with Crippen molar-refractivity contribution in [3.05, 3.63) is 46.7 Å². The summed E-state index contributed by atoms with van der Waals surface area (Å²) in [5.41, 5.74) is 1.16. The van der Waals surface area contributed by atoms with Crippen molar-refractivity contribution in [1.82, 2.24) is 4.90 Å². The summed E-state index contributed by atoms with van der Waals surface area (Å²) in [7, 11) is 1.60. The molecule has 0 spiro atoms. The summed E-state index contributed by atoms with van der Waals surface area (Å²) >= 11 is 1.51. The molecule has 1 aromatic carbocycles. The fraction of sp³-hybridized carbons (Fsp3) is 0.235. The van der Waals surface area contributed by atoms with Gasteiger partial charge in [-0.25, -0.2) is 0 Å². The summed E-state index contributed by atoms with van der Waals surface area (Å²) in [4.78, 5) is 37.6. The highest BCUT2D eigenvalue weighted by Crippen LogP contribution is 2.15. The van der Waals surface area contributed by atoms with Gasteiger partial charge in [0, 0.05) is 30.2 Å². The molecule has 0 aliphatic heterocycles. The van der Waals surface area contributed by atoms with Crippen LogP contribution in [0.5, 0.6) is 0 Å². The Morgan fingerprint density at radius 3 is 2.42 bits per heavy atom.